The molecule has 0 radical (unpaired) electrons. The number of carbonyl (C=O) groups is 1. The smallest absolute Gasteiger partial charge is 0.228 e. The van der Waals surface area contributed by atoms with Crippen LogP contribution in [0.2, 0.25) is 0 Å². The maximum atomic E-state index is 10.5. The molecule has 2 rings (SSSR count). The molecule has 0 fully saturated rings. The van der Waals surface area contributed by atoms with E-state index < -0.39 is 0 Å². The topological polar surface area (TPSA) is 46.3 Å². The first-order valence-corrected chi connectivity index (χ1v) is 4.30. The van der Waals surface area contributed by atoms with E-state index in [4.69, 9.17) is 5.84 Å². The number of anilines is 1. The number of hydrogen-bond acceptors (Lipinski definition) is 2. The monoisotopic (exact) mass is 186 g/mol. The summed E-state index contributed by atoms with van der Waals surface area (Å²) in [6, 6.07) is 13.5. The lowest BCUT2D eigenvalue weighted by molar-refractivity contribution is -0.107. The van der Waals surface area contributed by atoms with E-state index in [-0.39, 0.29) is 0 Å². The predicted octanol–water partition coefficient (Wildman–Crippen LogP) is 1.68. The molecular formula is C11H10N2O. The van der Waals surface area contributed by atoms with Crippen molar-refractivity contribution >= 4 is 22.9 Å². The molecule has 0 atom stereocenters. The molecule has 0 aliphatic heterocycles. The van der Waals surface area contributed by atoms with E-state index in [1.165, 1.54) is 0 Å². The van der Waals surface area contributed by atoms with Gasteiger partial charge >= 0.3 is 0 Å². The van der Waals surface area contributed by atoms with Crippen LogP contribution in [0, 0.1) is 0 Å². The van der Waals surface area contributed by atoms with Crippen molar-refractivity contribution in [2.45, 2.75) is 0 Å². The SMILES string of the molecule is NN(C=O)c1cccc2ccccc12. The number of nitrogens with two attached hydrogens (primary N) is 1. The molecule has 3 heteroatoms. The van der Waals surface area contributed by atoms with Crippen LogP contribution in [0.5, 0.6) is 0 Å². The Morgan fingerprint density at radius 2 is 1.79 bits per heavy atom. The minimum Gasteiger partial charge on any atom is -0.277 e. The lowest BCUT2D eigenvalue weighted by atomic mass is 10.1. The van der Waals surface area contributed by atoms with Gasteiger partial charge in [-0.2, -0.15) is 0 Å². The zero-order valence-corrected chi connectivity index (χ0v) is 7.55. The summed E-state index contributed by atoms with van der Waals surface area (Å²) in [5.74, 6) is 5.53. The second-order valence-electron chi connectivity index (χ2n) is 3.01. The third-order valence-corrected chi connectivity index (χ3v) is 2.16. The van der Waals surface area contributed by atoms with Crippen LogP contribution in [0.4, 0.5) is 5.69 Å². The van der Waals surface area contributed by atoms with Crippen LogP contribution < -0.4 is 10.9 Å². The average molecular weight is 186 g/mol. The Bertz CT molecular complexity index is 462. The summed E-state index contributed by atoms with van der Waals surface area (Å²) in [5, 5.41) is 3.13. The largest absolute Gasteiger partial charge is 0.277 e. The van der Waals surface area contributed by atoms with E-state index in [0.29, 0.717) is 6.41 Å². The highest BCUT2D eigenvalue weighted by Crippen LogP contribution is 2.23. The zero-order valence-electron chi connectivity index (χ0n) is 7.55. The fourth-order valence-electron chi connectivity index (χ4n) is 1.49. The Kier molecular flexibility index (Phi) is 2.16. The first kappa shape index (κ1) is 8.72. The molecule has 0 heterocycles. The summed E-state index contributed by atoms with van der Waals surface area (Å²) >= 11 is 0. The van der Waals surface area contributed by atoms with Gasteiger partial charge in [0.05, 0.1) is 5.69 Å². The Morgan fingerprint density at radius 3 is 2.57 bits per heavy atom. The van der Waals surface area contributed by atoms with E-state index in [2.05, 4.69) is 0 Å². The van der Waals surface area contributed by atoms with Crippen molar-refractivity contribution in [1.82, 2.24) is 0 Å². The van der Waals surface area contributed by atoms with Gasteiger partial charge in [0.1, 0.15) is 0 Å². The molecular weight excluding hydrogens is 176 g/mol. The summed E-state index contributed by atoms with van der Waals surface area (Å²) < 4.78 is 0. The van der Waals surface area contributed by atoms with Gasteiger partial charge in [0, 0.05) is 5.39 Å². The molecule has 0 saturated heterocycles. The molecule has 0 aliphatic rings. The van der Waals surface area contributed by atoms with Crippen molar-refractivity contribution in [2.24, 2.45) is 5.84 Å². The molecule has 2 N–H and O–H groups in total. The first-order valence-electron chi connectivity index (χ1n) is 4.30. The van der Waals surface area contributed by atoms with Gasteiger partial charge in [0.25, 0.3) is 0 Å². The van der Waals surface area contributed by atoms with Crippen molar-refractivity contribution in [3.63, 3.8) is 0 Å². The number of carbonyl (C=O) groups excluding carboxylic acids is 1. The molecule has 70 valence electrons. The van der Waals surface area contributed by atoms with Crippen molar-refractivity contribution in [3.05, 3.63) is 42.5 Å². The van der Waals surface area contributed by atoms with E-state index in [0.717, 1.165) is 21.5 Å². The third kappa shape index (κ3) is 1.34. The summed E-state index contributed by atoms with van der Waals surface area (Å²) in [4.78, 5) is 10.5. The molecule has 3 nitrogen and oxygen atoms in total. The normalized spacial score (nSPS) is 10.1. The van der Waals surface area contributed by atoms with Gasteiger partial charge < -0.3 is 0 Å². The number of hydrazine groups is 1. The highest BCUT2D eigenvalue weighted by atomic mass is 16.1. The standard InChI is InChI=1S/C11H10N2O/c12-13(8-14)11-7-3-5-9-4-1-2-6-10(9)11/h1-8H,12H2. The fraction of sp³-hybridized carbons (Fsp3) is 0. The maximum Gasteiger partial charge on any atom is 0.228 e. The predicted molar refractivity (Wildman–Crippen MR) is 56.7 cm³/mol. The van der Waals surface area contributed by atoms with Crippen molar-refractivity contribution in [2.75, 3.05) is 5.01 Å². The van der Waals surface area contributed by atoms with Crippen LogP contribution in [0.1, 0.15) is 0 Å². The molecule has 2 aromatic rings. The maximum absolute atomic E-state index is 10.5. The van der Waals surface area contributed by atoms with Gasteiger partial charge in [-0.25, -0.2) is 5.84 Å². The quantitative estimate of drug-likeness (QED) is 0.335. The lowest BCUT2D eigenvalue weighted by Gasteiger charge is -2.12. The van der Waals surface area contributed by atoms with Crippen LogP contribution in [-0.2, 0) is 4.79 Å². The number of nitrogens with zero attached hydrogens (tertiary/aromatic N) is 1. The molecule has 0 spiro atoms. The molecule has 0 bridgehead atoms. The van der Waals surface area contributed by atoms with E-state index in [9.17, 15) is 4.79 Å². The molecule has 0 saturated carbocycles. The van der Waals surface area contributed by atoms with Crippen LogP contribution in [0.3, 0.4) is 0 Å². The number of amides is 1. The molecule has 2 aromatic carbocycles. The number of fused-ring (bicyclic) bond motifs is 1. The minimum atomic E-state index is 0.599. The summed E-state index contributed by atoms with van der Waals surface area (Å²) in [6.07, 6.45) is 0.599. The molecule has 14 heavy (non-hydrogen) atoms. The average Bonchev–Trinajstić information content (AvgIpc) is 2.27. The van der Waals surface area contributed by atoms with Crippen molar-refractivity contribution in [1.29, 1.82) is 0 Å². The fourth-order valence-corrected chi connectivity index (χ4v) is 1.49. The van der Waals surface area contributed by atoms with Gasteiger partial charge in [-0.1, -0.05) is 36.4 Å². The highest BCUT2D eigenvalue weighted by molar-refractivity contribution is 5.97. The minimum absolute atomic E-state index is 0.599. The van der Waals surface area contributed by atoms with E-state index >= 15 is 0 Å². The van der Waals surface area contributed by atoms with Crippen LogP contribution in [-0.4, -0.2) is 6.41 Å². The van der Waals surface area contributed by atoms with Crippen molar-refractivity contribution < 1.29 is 4.79 Å². The van der Waals surface area contributed by atoms with Gasteiger partial charge in [0.2, 0.25) is 6.41 Å². The van der Waals surface area contributed by atoms with Gasteiger partial charge in [0.15, 0.2) is 0 Å². The highest BCUT2D eigenvalue weighted by Gasteiger charge is 2.03. The van der Waals surface area contributed by atoms with Gasteiger partial charge in [-0.15, -0.1) is 0 Å². The second-order valence-corrected chi connectivity index (χ2v) is 3.01. The number of hydrogen-bond donors (Lipinski definition) is 1. The van der Waals surface area contributed by atoms with Crippen molar-refractivity contribution in [3.8, 4) is 0 Å². The van der Waals surface area contributed by atoms with Crippen LogP contribution in [0.25, 0.3) is 10.8 Å². The second kappa shape index (κ2) is 3.47. The summed E-state index contributed by atoms with van der Waals surface area (Å²) in [5.41, 5.74) is 0.720. The van der Waals surface area contributed by atoms with E-state index in [1.54, 1.807) is 0 Å². The molecule has 0 aliphatic carbocycles. The Morgan fingerprint density at radius 1 is 1.07 bits per heavy atom. The first-order chi connectivity index (χ1) is 6.83. The molecule has 0 aromatic heterocycles. The summed E-state index contributed by atoms with van der Waals surface area (Å²) in [6.45, 7) is 0. The number of rotatable bonds is 2. The van der Waals surface area contributed by atoms with Crippen LogP contribution in [0.15, 0.2) is 42.5 Å². The van der Waals surface area contributed by atoms with Crippen LogP contribution >= 0.6 is 0 Å². The van der Waals surface area contributed by atoms with E-state index in [1.807, 2.05) is 42.5 Å². The Labute approximate surface area is 81.7 Å². The lowest BCUT2D eigenvalue weighted by Crippen LogP contribution is -2.28. The summed E-state index contributed by atoms with van der Waals surface area (Å²) in [7, 11) is 0. The van der Waals surface area contributed by atoms with Gasteiger partial charge in [-0.3, -0.25) is 9.80 Å². The Hall–Kier alpha value is -1.87. The Balaban J connectivity index is 2.70. The van der Waals surface area contributed by atoms with Gasteiger partial charge in [-0.05, 0) is 11.5 Å². The molecule has 1 amide bonds. The zero-order chi connectivity index (χ0) is 9.97. The molecule has 0 unspecified atom stereocenters. The third-order valence-electron chi connectivity index (χ3n) is 2.16. The number of benzene rings is 2.